The van der Waals surface area contributed by atoms with Gasteiger partial charge in [-0.25, -0.2) is 9.37 Å². The Morgan fingerprint density at radius 2 is 2.20 bits per heavy atom. The third kappa shape index (κ3) is 2.26. The van der Waals surface area contributed by atoms with Crippen LogP contribution in [0, 0.1) is 11.7 Å². The SMILES string of the molecule is NCC1CCN(c2ncccc2F)CC1. The van der Waals surface area contributed by atoms with Gasteiger partial charge in [-0.3, -0.25) is 0 Å². The molecule has 1 aliphatic rings. The molecule has 2 heterocycles. The maximum Gasteiger partial charge on any atom is 0.165 e. The highest BCUT2D eigenvalue weighted by atomic mass is 19.1. The summed E-state index contributed by atoms with van der Waals surface area (Å²) in [5, 5.41) is 0. The van der Waals surface area contributed by atoms with Gasteiger partial charge in [0.2, 0.25) is 0 Å². The highest BCUT2D eigenvalue weighted by Gasteiger charge is 2.20. The van der Waals surface area contributed by atoms with Crippen LogP contribution < -0.4 is 10.6 Å². The molecule has 0 radical (unpaired) electrons. The predicted molar refractivity (Wildman–Crippen MR) is 58.2 cm³/mol. The van der Waals surface area contributed by atoms with E-state index in [0.717, 1.165) is 32.5 Å². The number of nitrogens with two attached hydrogens (primary N) is 1. The van der Waals surface area contributed by atoms with Crippen molar-refractivity contribution < 1.29 is 4.39 Å². The van der Waals surface area contributed by atoms with Gasteiger partial charge in [0, 0.05) is 19.3 Å². The van der Waals surface area contributed by atoms with Crippen LogP contribution in [0.4, 0.5) is 10.2 Å². The van der Waals surface area contributed by atoms with E-state index in [0.29, 0.717) is 11.7 Å². The van der Waals surface area contributed by atoms with E-state index in [-0.39, 0.29) is 5.82 Å². The van der Waals surface area contributed by atoms with Crippen molar-refractivity contribution in [2.24, 2.45) is 11.7 Å². The molecule has 2 rings (SSSR count). The van der Waals surface area contributed by atoms with E-state index in [1.165, 1.54) is 6.07 Å². The normalized spacial score (nSPS) is 18.1. The summed E-state index contributed by atoms with van der Waals surface area (Å²) in [6.07, 6.45) is 3.70. The molecule has 15 heavy (non-hydrogen) atoms. The van der Waals surface area contributed by atoms with Gasteiger partial charge in [-0.2, -0.15) is 0 Å². The fraction of sp³-hybridized carbons (Fsp3) is 0.545. The first-order chi connectivity index (χ1) is 7.31. The Bertz CT molecular complexity index is 321. The first kappa shape index (κ1) is 10.4. The predicted octanol–water partition coefficient (Wildman–Crippen LogP) is 1.40. The zero-order chi connectivity index (χ0) is 10.7. The van der Waals surface area contributed by atoms with Crippen LogP contribution in [0.3, 0.4) is 0 Å². The van der Waals surface area contributed by atoms with Crippen molar-refractivity contribution in [3.05, 3.63) is 24.1 Å². The number of anilines is 1. The van der Waals surface area contributed by atoms with Crippen LogP contribution in [-0.4, -0.2) is 24.6 Å². The molecule has 1 aliphatic heterocycles. The minimum atomic E-state index is -0.233. The van der Waals surface area contributed by atoms with Gasteiger partial charge in [0.25, 0.3) is 0 Å². The summed E-state index contributed by atoms with van der Waals surface area (Å²) in [6, 6.07) is 3.07. The van der Waals surface area contributed by atoms with E-state index >= 15 is 0 Å². The summed E-state index contributed by atoms with van der Waals surface area (Å²) in [6.45, 7) is 2.45. The van der Waals surface area contributed by atoms with E-state index in [1.54, 1.807) is 12.3 Å². The van der Waals surface area contributed by atoms with Crippen molar-refractivity contribution in [1.29, 1.82) is 0 Å². The van der Waals surface area contributed by atoms with Gasteiger partial charge in [0.15, 0.2) is 11.6 Å². The quantitative estimate of drug-likeness (QED) is 0.800. The molecule has 0 unspecified atom stereocenters. The third-order valence-corrected chi connectivity index (χ3v) is 2.99. The molecule has 1 fully saturated rings. The lowest BCUT2D eigenvalue weighted by atomic mass is 9.97. The Morgan fingerprint density at radius 3 is 2.80 bits per heavy atom. The summed E-state index contributed by atoms with van der Waals surface area (Å²) in [5.74, 6) is 0.838. The van der Waals surface area contributed by atoms with Crippen LogP contribution in [0.1, 0.15) is 12.8 Å². The Labute approximate surface area is 89.1 Å². The Hall–Kier alpha value is -1.16. The molecule has 3 nitrogen and oxygen atoms in total. The molecule has 0 bridgehead atoms. The van der Waals surface area contributed by atoms with Gasteiger partial charge in [0.05, 0.1) is 0 Å². The molecule has 2 N–H and O–H groups in total. The molecule has 1 aromatic heterocycles. The van der Waals surface area contributed by atoms with Gasteiger partial charge in [0.1, 0.15) is 0 Å². The lowest BCUT2D eigenvalue weighted by Gasteiger charge is -2.32. The molecule has 1 saturated heterocycles. The fourth-order valence-corrected chi connectivity index (χ4v) is 1.99. The average molecular weight is 209 g/mol. The van der Waals surface area contributed by atoms with Crippen molar-refractivity contribution in [2.45, 2.75) is 12.8 Å². The number of rotatable bonds is 2. The second-order valence-electron chi connectivity index (χ2n) is 3.97. The van der Waals surface area contributed by atoms with E-state index in [1.807, 2.05) is 4.90 Å². The van der Waals surface area contributed by atoms with Crippen molar-refractivity contribution >= 4 is 5.82 Å². The Morgan fingerprint density at radius 1 is 1.47 bits per heavy atom. The summed E-state index contributed by atoms with van der Waals surface area (Å²) in [5.41, 5.74) is 5.61. The molecule has 4 heteroatoms. The highest BCUT2D eigenvalue weighted by Crippen LogP contribution is 2.22. The second kappa shape index (κ2) is 4.57. The van der Waals surface area contributed by atoms with Gasteiger partial charge >= 0.3 is 0 Å². The van der Waals surface area contributed by atoms with Crippen molar-refractivity contribution in [3.8, 4) is 0 Å². The molecular weight excluding hydrogens is 193 g/mol. The monoisotopic (exact) mass is 209 g/mol. The molecule has 0 atom stereocenters. The first-order valence-corrected chi connectivity index (χ1v) is 5.37. The summed E-state index contributed by atoms with van der Waals surface area (Å²) in [4.78, 5) is 6.07. The van der Waals surface area contributed by atoms with Crippen LogP contribution in [0.25, 0.3) is 0 Å². The molecule has 82 valence electrons. The number of piperidine rings is 1. The largest absolute Gasteiger partial charge is 0.354 e. The standard InChI is InChI=1S/C11H16FN3/c12-10-2-1-5-14-11(10)15-6-3-9(8-13)4-7-15/h1-2,5,9H,3-4,6-8,13H2. The maximum atomic E-state index is 13.4. The van der Waals surface area contributed by atoms with Crippen LogP contribution in [0.2, 0.25) is 0 Å². The molecule has 0 saturated carbocycles. The first-order valence-electron chi connectivity index (χ1n) is 5.37. The number of nitrogens with zero attached hydrogens (tertiary/aromatic N) is 2. The third-order valence-electron chi connectivity index (χ3n) is 2.99. The summed E-state index contributed by atoms with van der Waals surface area (Å²) >= 11 is 0. The summed E-state index contributed by atoms with van der Waals surface area (Å²) < 4.78 is 13.4. The van der Waals surface area contributed by atoms with Crippen LogP contribution in [0.15, 0.2) is 18.3 Å². The minimum absolute atomic E-state index is 0.233. The lowest BCUT2D eigenvalue weighted by Crippen LogP contribution is -2.37. The number of aromatic nitrogens is 1. The topological polar surface area (TPSA) is 42.1 Å². The van der Waals surface area contributed by atoms with Crippen LogP contribution >= 0.6 is 0 Å². The fourth-order valence-electron chi connectivity index (χ4n) is 1.99. The Balaban J connectivity index is 2.04. The second-order valence-corrected chi connectivity index (χ2v) is 3.97. The Kier molecular flexibility index (Phi) is 3.16. The number of pyridine rings is 1. The van der Waals surface area contributed by atoms with Crippen molar-refractivity contribution in [1.82, 2.24) is 4.98 Å². The van der Waals surface area contributed by atoms with Gasteiger partial charge in [-0.15, -0.1) is 0 Å². The molecule has 0 aromatic carbocycles. The van der Waals surface area contributed by atoms with E-state index < -0.39 is 0 Å². The van der Waals surface area contributed by atoms with Crippen molar-refractivity contribution in [3.63, 3.8) is 0 Å². The zero-order valence-corrected chi connectivity index (χ0v) is 8.69. The summed E-state index contributed by atoms with van der Waals surface area (Å²) in [7, 11) is 0. The number of halogens is 1. The smallest absolute Gasteiger partial charge is 0.165 e. The van der Waals surface area contributed by atoms with Gasteiger partial charge < -0.3 is 10.6 Å². The van der Waals surface area contributed by atoms with E-state index in [4.69, 9.17) is 5.73 Å². The van der Waals surface area contributed by atoms with Crippen LogP contribution in [-0.2, 0) is 0 Å². The molecule has 0 spiro atoms. The average Bonchev–Trinajstić information content (AvgIpc) is 2.30. The van der Waals surface area contributed by atoms with Gasteiger partial charge in [-0.05, 0) is 37.4 Å². The molecule has 0 amide bonds. The number of hydrogen-bond acceptors (Lipinski definition) is 3. The molecule has 0 aliphatic carbocycles. The molecule has 1 aromatic rings. The van der Waals surface area contributed by atoms with Gasteiger partial charge in [-0.1, -0.05) is 0 Å². The van der Waals surface area contributed by atoms with Crippen LogP contribution in [0.5, 0.6) is 0 Å². The highest BCUT2D eigenvalue weighted by molar-refractivity contribution is 5.39. The van der Waals surface area contributed by atoms with E-state index in [2.05, 4.69) is 4.98 Å². The van der Waals surface area contributed by atoms with Crippen molar-refractivity contribution in [2.75, 3.05) is 24.5 Å². The maximum absolute atomic E-state index is 13.4. The molecular formula is C11H16FN3. The zero-order valence-electron chi connectivity index (χ0n) is 8.69. The lowest BCUT2D eigenvalue weighted by molar-refractivity contribution is 0.409. The minimum Gasteiger partial charge on any atom is -0.354 e. The number of hydrogen-bond donors (Lipinski definition) is 1. The van der Waals surface area contributed by atoms with E-state index in [9.17, 15) is 4.39 Å².